The highest BCUT2D eigenvalue weighted by Gasteiger charge is 2.28. The number of para-hydroxylation sites is 1. The molecule has 0 bridgehead atoms. The lowest BCUT2D eigenvalue weighted by Crippen LogP contribution is -2.33. The van der Waals surface area contributed by atoms with Crippen molar-refractivity contribution < 1.29 is 31.9 Å². The van der Waals surface area contributed by atoms with Crippen molar-refractivity contribution in [2.24, 2.45) is 0 Å². The number of ether oxygens (including phenoxy) is 1. The van der Waals surface area contributed by atoms with Crippen molar-refractivity contribution in [3.63, 3.8) is 0 Å². The van der Waals surface area contributed by atoms with Crippen LogP contribution in [0.2, 0.25) is 0 Å². The van der Waals surface area contributed by atoms with Crippen LogP contribution in [-0.4, -0.2) is 36.5 Å². The largest absolute Gasteiger partial charge is 0.489 e. The Balaban J connectivity index is 1.58. The van der Waals surface area contributed by atoms with Crippen molar-refractivity contribution in [1.82, 2.24) is 10.2 Å². The number of amides is 2. The summed E-state index contributed by atoms with van der Waals surface area (Å²) in [5.41, 5.74) is 1.39. The van der Waals surface area contributed by atoms with Gasteiger partial charge in [0.25, 0.3) is 11.8 Å². The van der Waals surface area contributed by atoms with E-state index < -0.39 is 18.6 Å². The van der Waals surface area contributed by atoms with E-state index in [-0.39, 0.29) is 30.4 Å². The van der Waals surface area contributed by atoms with Gasteiger partial charge in [-0.05, 0) is 35.9 Å². The van der Waals surface area contributed by atoms with Crippen LogP contribution >= 0.6 is 0 Å². The third kappa shape index (κ3) is 6.37. The molecule has 1 N–H and O–H groups in total. The van der Waals surface area contributed by atoms with Crippen LogP contribution < -0.4 is 10.1 Å². The number of rotatable bonds is 8. The van der Waals surface area contributed by atoms with Crippen LogP contribution in [-0.2, 0) is 13.2 Å². The summed E-state index contributed by atoms with van der Waals surface area (Å²) in [4.78, 5) is 26.0. The van der Waals surface area contributed by atoms with E-state index in [1.165, 1.54) is 23.3 Å². The molecule has 0 atom stereocenters. The molecule has 9 heteroatoms. The highest BCUT2D eigenvalue weighted by Crippen LogP contribution is 2.18. The molecule has 32 heavy (non-hydrogen) atoms. The lowest BCUT2D eigenvalue weighted by molar-refractivity contribution is -0.123. The fourth-order valence-corrected chi connectivity index (χ4v) is 2.88. The zero-order chi connectivity index (χ0) is 23.1. The number of hydrogen-bond donors (Lipinski definition) is 1. The quantitative estimate of drug-likeness (QED) is 0.556. The first-order chi connectivity index (χ1) is 15.2. The average molecular weight is 446 g/mol. The van der Waals surface area contributed by atoms with Gasteiger partial charge in [0.1, 0.15) is 18.9 Å². The van der Waals surface area contributed by atoms with Crippen LogP contribution in [0.25, 0.3) is 0 Å². The molecule has 0 saturated carbocycles. The minimum atomic E-state index is -4.48. The Morgan fingerprint density at radius 2 is 1.72 bits per heavy atom. The van der Waals surface area contributed by atoms with Crippen molar-refractivity contribution >= 4 is 11.8 Å². The van der Waals surface area contributed by atoms with Crippen LogP contribution in [0.1, 0.15) is 32.0 Å². The Morgan fingerprint density at radius 1 is 1.03 bits per heavy atom. The molecule has 168 valence electrons. The predicted molar refractivity (Wildman–Crippen MR) is 110 cm³/mol. The molecule has 0 aliphatic carbocycles. The summed E-state index contributed by atoms with van der Waals surface area (Å²) < 4.78 is 47.7. The molecule has 3 aromatic rings. The summed E-state index contributed by atoms with van der Waals surface area (Å²) in [7, 11) is 1.59. The normalized spacial score (nSPS) is 11.1. The minimum absolute atomic E-state index is 0.0957. The summed E-state index contributed by atoms with van der Waals surface area (Å²) >= 11 is 0. The Bertz CT molecular complexity index is 1050. The van der Waals surface area contributed by atoms with Crippen LogP contribution in [0.4, 0.5) is 13.2 Å². The van der Waals surface area contributed by atoms with Crippen molar-refractivity contribution in [3.05, 3.63) is 89.4 Å². The summed E-state index contributed by atoms with van der Waals surface area (Å²) in [5.74, 6) is -0.350. The van der Waals surface area contributed by atoms with Crippen molar-refractivity contribution in [1.29, 1.82) is 0 Å². The highest BCUT2D eigenvalue weighted by atomic mass is 19.4. The summed E-state index contributed by atoms with van der Waals surface area (Å²) in [6.07, 6.45) is -3.06. The smallest absolute Gasteiger partial charge is 0.405 e. The lowest BCUT2D eigenvalue weighted by Gasteiger charge is -2.17. The predicted octanol–water partition coefficient (Wildman–Crippen LogP) is 4.42. The van der Waals surface area contributed by atoms with Gasteiger partial charge in [-0.1, -0.05) is 30.3 Å². The van der Waals surface area contributed by atoms with Crippen LogP contribution in [0.15, 0.2) is 71.3 Å². The molecule has 6 nitrogen and oxygen atoms in total. The second-order valence-corrected chi connectivity index (χ2v) is 7.03. The molecule has 0 radical (unpaired) electrons. The molecule has 0 fully saturated rings. The van der Waals surface area contributed by atoms with Gasteiger partial charge in [0.15, 0.2) is 5.76 Å². The van der Waals surface area contributed by atoms with Gasteiger partial charge in [-0.2, -0.15) is 13.2 Å². The van der Waals surface area contributed by atoms with Crippen LogP contribution in [0, 0.1) is 0 Å². The minimum Gasteiger partial charge on any atom is -0.489 e. The van der Waals surface area contributed by atoms with Gasteiger partial charge < -0.3 is 19.4 Å². The molecule has 0 spiro atoms. The second-order valence-electron chi connectivity index (χ2n) is 7.03. The molecule has 2 amide bonds. The molecule has 2 aromatic carbocycles. The number of halogens is 3. The SMILES string of the molecule is CN(Cc1ccc(C(=O)NCC(F)(F)F)cc1)C(=O)c1occc1COc1ccccc1. The first kappa shape index (κ1) is 22.9. The zero-order valence-corrected chi connectivity index (χ0v) is 17.2. The van der Waals surface area contributed by atoms with E-state index in [0.29, 0.717) is 16.9 Å². The van der Waals surface area contributed by atoms with E-state index in [0.717, 1.165) is 0 Å². The molecule has 0 aliphatic rings. The lowest BCUT2D eigenvalue weighted by atomic mass is 10.1. The molecule has 1 aromatic heterocycles. The van der Waals surface area contributed by atoms with E-state index in [2.05, 4.69) is 0 Å². The Morgan fingerprint density at radius 3 is 2.38 bits per heavy atom. The number of nitrogens with zero attached hydrogens (tertiary/aromatic N) is 1. The third-order valence-electron chi connectivity index (χ3n) is 4.51. The number of hydrogen-bond acceptors (Lipinski definition) is 4. The van der Waals surface area contributed by atoms with E-state index in [4.69, 9.17) is 9.15 Å². The average Bonchev–Trinajstić information content (AvgIpc) is 3.25. The molecule has 0 unspecified atom stereocenters. The van der Waals surface area contributed by atoms with E-state index in [9.17, 15) is 22.8 Å². The number of carbonyl (C=O) groups is 2. The number of furan rings is 1. The molecule has 0 aliphatic heterocycles. The number of nitrogens with one attached hydrogen (secondary N) is 1. The first-order valence-electron chi connectivity index (χ1n) is 9.66. The van der Waals surface area contributed by atoms with E-state index in [1.807, 2.05) is 23.5 Å². The monoisotopic (exact) mass is 446 g/mol. The van der Waals surface area contributed by atoms with Gasteiger partial charge in [0, 0.05) is 24.7 Å². The molecule has 3 rings (SSSR count). The van der Waals surface area contributed by atoms with Gasteiger partial charge in [-0.3, -0.25) is 9.59 Å². The summed E-state index contributed by atoms with van der Waals surface area (Å²) in [5, 5.41) is 1.81. The van der Waals surface area contributed by atoms with Gasteiger partial charge >= 0.3 is 6.18 Å². The standard InChI is InChI=1S/C23H21F3N2O4/c1-28(13-16-7-9-17(10-8-16)21(29)27-15-23(24,25)26)22(30)20-18(11-12-31-20)14-32-19-5-3-2-4-6-19/h2-12H,13-15H2,1H3,(H,27,29). The van der Waals surface area contributed by atoms with Gasteiger partial charge in [0.05, 0.1) is 6.26 Å². The zero-order valence-electron chi connectivity index (χ0n) is 17.2. The highest BCUT2D eigenvalue weighted by molar-refractivity contribution is 5.94. The molecular formula is C23H21F3N2O4. The molecule has 0 saturated heterocycles. The first-order valence-corrected chi connectivity index (χ1v) is 9.66. The van der Waals surface area contributed by atoms with E-state index in [1.54, 1.807) is 37.4 Å². The van der Waals surface area contributed by atoms with Crippen LogP contribution in [0.5, 0.6) is 5.75 Å². The van der Waals surface area contributed by atoms with Crippen molar-refractivity contribution in [2.75, 3.05) is 13.6 Å². The maximum Gasteiger partial charge on any atom is 0.405 e. The maximum atomic E-state index is 12.8. The summed E-state index contributed by atoms with van der Waals surface area (Å²) in [6.45, 7) is -1.02. The number of benzene rings is 2. The number of alkyl halides is 3. The van der Waals surface area contributed by atoms with Crippen molar-refractivity contribution in [2.45, 2.75) is 19.3 Å². The Hall–Kier alpha value is -3.75. The topological polar surface area (TPSA) is 71.8 Å². The fraction of sp³-hybridized carbons (Fsp3) is 0.217. The van der Waals surface area contributed by atoms with E-state index >= 15 is 0 Å². The third-order valence-corrected chi connectivity index (χ3v) is 4.51. The van der Waals surface area contributed by atoms with Crippen LogP contribution in [0.3, 0.4) is 0 Å². The Labute approximate surface area is 182 Å². The maximum absolute atomic E-state index is 12.8. The van der Waals surface area contributed by atoms with Gasteiger partial charge in [-0.25, -0.2) is 0 Å². The summed E-state index contributed by atoms with van der Waals surface area (Å²) in [6, 6.07) is 16.8. The van der Waals surface area contributed by atoms with Crippen molar-refractivity contribution in [3.8, 4) is 5.75 Å². The van der Waals surface area contributed by atoms with Gasteiger partial charge in [-0.15, -0.1) is 0 Å². The second kappa shape index (κ2) is 10.0. The van der Waals surface area contributed by atoms with Gasteiger partial charge in [0.2, 0.25) is 0 Å². The fourth-order valence-electron chi connectivity index (χ4n) is 2.88. The molecular weight excluding hydrogens is 425 g/mol. The molecule has 1 heterocycles. The Kier molecular flexibility index (Phi) is 7.19. The number of carbonyl (C=O) groups excluding carboxylic acids is 2.